The van der Waals surface area contributed by atoms with Gasteiger partial charge in [0.25, 0.3) is 0 Å². The first-order chi connectivity index (χ1) is 12.3. The number of aromatic nitrogens is 2. The number of benzene rings is 3. The minimum atomic E-state index is 0.639. The average Bonchev–Trinajstić information content (AvgIpc) is 3.15. The van der Waals surface area contributed by atoms with Gasteiger partial charge in [0.05, 0.1) is 28.7 Å². The molecule has 0 aliphatic heterocycles. The van der Waals surface area contributed by atoms with Gasteiger partial charge in [0, 0.05) is 11.1 Å². The van der Waals surface area contributed by atoms with E-state index in [0.717, 1.165) is 28.2 Å². The number of hydrogen-bond acceptors (Lipinski definition) is 2. The van der Waals surface area contributed by atoms with Crippen molar-refractivity contribution in [1.29, 1.82) is 5.26 Å². The molecule has 3 nitrogen and oxygen atoms in total. The summed E-state index contributed by atoms with van der Waals surface area (Å²) in [5.41, 5.74) is 5.68. The van der Waals surface area contributed by atoms with Crippen LogP contribution in [0.1, 0.15) is 5.56 Å². The zero-order chi connectivity index (χ0) is 17.1. The van der Waals surface area contributed by atoms with Crippen LogP contribution in [0.5, 0.6) is 0 Å². The molecule has 0 saturated carbocycles. The Kier molecular flexibility index (Phi) is 3.86. The molecule has 0 radical (unpaired) electrons. The van der Waals surface area contributed by atoms with Crippen molar-refractivity contribution in [2.45, 2.75) is 0 Å². The van der Waals surface area contributed by atoms with Gasteiger partial charge in [-0.15, -0.1) is 0 Å². The number of rotatable bonds is 3. The van der Waals surface area contributed by atoms with Crippen LogP contribution in [0.4, 0.5) is 0 Å². The van der Waals surface area contributed by atoms with Crippen LogP contribution in [0.25, 0.3) is 28.2 Å². The molecule has 0 amide bonds. The lowest BCUT2D eigenvalue weighted by atomic mass is 10.1. The van der Waals surface area contributed by atoms with Gasteiger partial charge in [0.2, 0.25) is 0 Å². The molecule has 1 aromatic heterocycles. The van der Waals surface area contributed by atoms with Crippen LogP contribution in [0.2, 0.25) is 0 Å². The highest BCUT2D eigenvalue weighted by Gasteiger charge is 2.12. The van der Waals surface area contributed by atoms with E-state index < -0.39 is 0 Å². The summed E-state index contributed by atoms with van der Waals surface area (Å²) in [6.45, 7) is 0. The highest BCUT2D eigenvalue weighted by atomic mass is 15.3. The van der Waals surface area contributed by atoms with Gasteiger partial charge in [0.15, 0.2) is 0 Å². The Morgan fingerprint density at radius 3 is 1.92 bits per heavy atom. The van der Waals surface area contributed by atoms with Gasteiger partial charge in [-0.3, -0.25) is 0 Å². The van der Waals surface area contributed by atoms with E-state index in [4.69, 9.17) is 10.4 Å². The zero-order valence-electron chi connectivity index (χ0n) is 13.5. The van der Waals surface area contributed by atoms with E-state index in [1.165, 1.54) is 0 Å². The second-order valence-corrected chi connectivity index (χ2v) is 5.72. The third-order valence-corrected chi connectivity index (χ3v) is 4.09. The smallest absolute Gasteiger partial charge is 0.0991 e. The van der Waals surface area contributed by atoms with Crippen LogP contribution in [-0.4, -0.2) is 9.78 Å². The van der Waals surface area contributed by atoms with E-state index in [-0.39, 0.29) is 0 Å². The van der Waals surface area contributed by atoms with Crippen LogP contribution in [0.15, 0.2) is 91.0 Å². The second kappa shape index (κ2) is 6.46. The molecule has 0 aliphatic carbocycles. The fourth-order valence-corrected chi connectivity index (χ4v) is 2.82. The third kappa shape index (κ3) is 2.93. The summed E-state index contributed by atoms with van der Waals surface area (Å²) in [4.78, 5) is 0. The van der Waals surface area contributed by atoms with Gasteiger partial charge >= 0.3 is 0 Å². The first-order valence-electron chi connectivity index (χ1n) is 8.06. The fourth-order valence-electron chi connectivity index (χ4n) is 2.82. The molecule has 0 spiro atoms. The van der Waals surface area contributed by atoms with Crippen molar-refractivity contribution in [3.8, 4) is 34.3 Å². The summed E-state index contributed by atoms with van der Waals surface area (Å²) < 4.78 is 1.93. The summed E-state index contributed by atoms with van der Waals surface area (Å²) in [5, 5.41) is 13.8. The van der Waals surface area contributed by atoms with Gasteiger partial charge in [-0.25, -0.2) is 4.68 Å². The van der Waals surface area contributed by atoms with Crippen LogP contribution in [-0.2, 0) is 0 Å². The van der Waals surface area contributed by atoms with Crippen molar-refractivity contribution in [2.24, 2.45) is 0 Å². The average molecular weight is 321 g/mol. The number of nitriles is 1. The van der Waals surface area contributed by atoms with Crippen LogP contribution >= 0.6 is 0 Å². The molecule has 118 valence electrons. The van der Waals surface area contributed by atoms with E-state index in [0.29, 0.717) is 5.56 Å². The van der Waals surface area contributed by atoms with Crippen LogP contribution in [0, 0.1) is 11.3 Å². The van der Waals surface area contributed by atoms with Crippen LogP contribution in [0.3, 0.4) is 0 Å². The predicted octanol–water partition coefficient (Wildman–Crippen LogP) is 5.08. The topological polar surface area (TPSA) is 41.6 Å². The first kappa shape index (κ1) is 14.9. The summed E-state index contributed by atoms with van der Waals surface area (Å²) in [5.74, 6) is 0. The zero-order valence-corrected chi connectivity index (χ0v) is 13.5. The highest BCUT2D eigenvalue weighted by Crippen LogP contribution is 2.28. The third-order valence-electron chi connectivity index (χ3n) is 4.09. The van der Waals surface area contributed by atoms with Crippen LogP contribution < -0.4 is 0 Å². The minimum Gasteiger partial charge on any atom is -0.232 e. The molecule has 0 atom stereocenters. The summed E-state index contributed by atoms with van der Waals surface area (Å²) in [6, 6.07) is 32.1. The van der Waals surface area contributed by atoms with E-state index >= 15 is 0 Å². The van der Waals surface area contributed by atoms with Gasteiger partial charge < -0.3 is 0 Å². The molecule has 0 N–H and O–H groups in total. The minimum absolute atomic E-state index is 0.639. The van der Waals surface area contributed by atoms with E-state index in [1.807, 2.05) is 65.3 Å². The van der Waals surface area contributed by atoms with Crippen molar-refractivity contribution in [2.75, 3.05) is 0 Å². The molecule has 0 bridgehead atoms. The molecule has 1 heterocycles. The number of hydrogen-bond donors (Lipinski definition) is 0. The quantitative estimate of drug-likeness (QED) is 0.528. The molecule has 4 aromatic rings. The maximum absolute atomic E-state index is 9.01. The Labute approximate surface area is 146 Å². The Balaban J connectivity index is 1.89. The lowest BCUT2D eigenvalue weighted by Gasteiger charge is -2.07. The van der Waals surface area contributed by atoms with E-state index in [1.54, 1.807) is 0 Å². The second-order valence-electron chi connectivity index (χ2n) is 5.72. The number of nitrogens with zero attached hydrogens (tertiary/aromatic N) is 3. The standard InChI is InChI=1S/C22H15N3/c23-16-17-11-13-20(14-12-17)25-22(19-9-5-2-6-10-19)15-21(24-25)18-7-3-1-4-8-18/h1-15H. The molecule has 0 saturated heterocycles. The maximum Gasteiger partial charge on any atom is 0.0991 e. The fraction of sp³-hybridized carbons (Fsp3) is 0. The molecule has 0 fully saturated rings. The van der Waals surface area contributed by atoms with Crippen molar-refractivity contribution in [3.05, 3.63) is 96.6 Å². The Hall–Kier alpha value is -3.64. The molecular weight excluding hydrogens is 306 g/mol. The maximum atomic E-state index is 9.01. The first-order valence-corrected chi connectivity index (χ1v) is 8.06. The predicted molar refractivity (Wildman–Crippen MR) is 99.2 cm³/mol. The SMILES string of the molecule is N#Cc1ccc(-n2nc(-c3ccccc3)cc2-c2ccccc2)cc1. The monoisotopic (exact) mass is 321 g/mol. The van der Waals surface area contributed by atoms with Crippen molar-refractivity contribution in [1.82, 2.24) is 9.78 Å². The summed E-state index contributed by atoms with van der Waals surface area (Å²) >= 11 is 0. The molecule has 0 aliphatic rings. The molecule has 3 heteroatoms. The normalized spacial score (nSPS) is 10.4. The van der Waals surface area contributed by atoms with E-state index in [9.17, 15) is 0 Å². The Bertz CT molecular complexity index is 1020. The lowest BCUT2D eigenvalue weighted by molar-refractivity contribution is 0.891. The molecule has 25 heavy (non-hydrogen) atoms. The largest absolute Gasteiger partial charge is 0.232 e. The molecule has 0 unspecified atom stereocenters. The van der Waals surface area contributed by atoms with E-state index in [2.05, 4.69) is 36.4 Å². The Morgan fingerprint density at radius 1 is 0.720 bits per heavy atom. The summed E-state index contributed by atoms with van der Waals surface area (Å²) in [6.07, 6.45) is 0. The molecular formula is C22H15N3. The van der Waals surface area contributed by atoms with Crippen molar-refractivity contribution in [3.63, 3.8) is 0 Å². The Morgan fingerprint density at radius 2 is 1.32 bits per heavy atom. The lowest BCUT2D eigenvalue weighted by Crippen LogP contribution is -1.99. The van der Waals surface area contributed by atoms with Crippen molar-refractivity contribution >= 4 is 0 Å². The molecule has 3 aromatic carbocycles. The van der Waals surface area contributed by atoms with Gasteiger partial charge in [0.1, 0.15) is 0 Å². The highest BCUT2D eigenvalue weighted by molar-refractivity contribution is 5.70. The van der Waals surface area contributed by atoms with Gasteiger partial charge in [-0.05, 0) is 30.3 Å². The molecule has 4 rings (SSSR count). The van der Waals surface area contributed by atoms with Gasteiger partial charge in [-0.1, -0.05) is 60.7 Å². The van der Waals surface area contributed by atoms with Crippen molar-refractivity contribution < 1.29 is 0 Å². The van der Waals surface area contributed by atoms with Gasteiger partial charge in [-0.2, -0.15) is 10.4 Å². The summed E-state index contributed by atoms with van der Waals surface area (Å²) in [7, 11) is 0.